The zero-order valence-electron chi connectivity index (χ0n) is 17.3. The normalized spacial score (nSPS) is 21.6. The van der Waals surface area contributed by atoms with Crippen molar-refractivity contribution in [2.45, 2.75) is 51.2 Å². The molecule has 9 heteroatoms. The van der Waals surface area contributed by atoms with E-state index in [0.29, 0.717) is 11.3 Å². The molecule has 1 aromatic rings. The summed E-state index contributed by atoms with van der Waals surface area (Å²) in [5, 5.41) is 10.4. The largest absolute Gasteiger partial charge is 0.507 e. The lowest BCUT2D eigenvalue weighted by atomic mass is 9.96. The molecule has 0 radical (unpaired) electrons. The summed E-state index contributed by atoms with van der Waals surface area (Å²) in [6.07, 6.45) is -1.50. The molecule has 0 aromatic heterocycles. The number of methoxy groups -OCH3 is 2. The first-order valence-corrected chi connectivity index (χ1v) is 9.60. The molecule has 164 valence electrons. The fourth-order valence-electron chi connectivity index (χ4n) is 3.22. The Morgan fingerprint density at radius 3 is 2.43 bits per heavy atom. The monoisotopic (exact) mass is 422 g/mol. The van der Waals surface area contributed by atoms with Gasteiger partial charge < -0.3 is 24.1 Å². The van der Waals surface area contributed by atoms with E-state index in [2.05, 4.69) is 0 Å². The zero-order chi connectivity index (χ0) is 22.3. The van der Waals surface area contributed by atoms with Gasteiger partial charge in [-0.05, 0) is 37.8 Å². The molecule has 1 aromatic carbocycles. The van der Waals surface area contributed by atoms with Crippen molar-refractivity contribution in [1.82, 2.24) is 0 Å². The van der Waals surface area contributed by atoms with E-state index < -0.39 is 35.5 Å². The van der Waals surface area contributed by atoms with Gasteiger partial charge in [0.25, 0.3) is 5.78 Å². The molecule has 0 spiro atoms. The number of cyclic esters (lactones) is 1. The molecule has 30 heavy (non-hydrogen) atoms. The highest BCUT2D eigenvalue weighted by atomic mass is 16.7. The maximum absolute atomic E-state index is 12.8. The number of carbonyl (C=O) groups is 4. The van der Waals surface area contributed by atoms with Crippen molar-refractivity contribution in [3.05, 3.63) is 23.3 Å². The minimum absolute atomic E-state index is 0.0416. The second-order valence-corrected chi connectivity index (χ2v) is 6.97. The summed E-state index contributed by atoms with van der Waals surface area (Å²) in [5.41, 5.74) is 0.363. The molecule has 9 nitrogen and oxygen atoms in total. The van der Waals surface area contributed by atoms with Crippen LogP contribution in [0.4, 0.5) is 0 Å². The number of hydrogen-bond acceptors (Lipinski definition) is 9. The highest BCUT2D eigenvalue weighted by Gasteiger charge is 2.29. The molecule has 0 unspecified atom stereocenters. The number of ketones is 3. The van der Waals surface area contributed by atoms with Crippen molar-refractivity contribution < 1.29 is 43.2 Å². The van der Waals surface area contributed by atoms with E-state index in [0.717, 1.165) is 0 Å². The van der Waals surface area contributed by atoms with Crippen LogP contribution in [0.2, 0.25) is 0 Å². The topological polar surface area (TPSA) is 125 Å². The smallest absolute Gasteiger partial charge is 0.342 e. The van der Waals surface area contributed by atoms with Gasteiger partial charge in [0.2, 0.25) is 11.6 Å². The highest BCUT2D eigenvalue weighted by Crippen LogP contribution is 2.30. The average Bonchev–Trinajstić information content (AvgIpc) is 2.71. The number of Topliss-reactive ketones (excluding diaryl/α,β-unsaturated/α-hetero) is 3. The molecule has 2 rings (SSSR count). The predicted molar refractivity (Wildman–Crippen MR) is 103 cm³/mol. The molecule has 0 amide bonds. The van der Waals surface area contributed by atoms with Crippen molar-refractivity contribution >= 4 is 23.3 Å². The van der Waals surface area contributed by atoms with Crippen molar-refractivity contribution in [2.75, 3.05) is 21.0 Å². The van der Waals surface area contributed by atoms with Crippen molar-refractivity contribution in [3.8, 4) is 11.5 Å². The Balaban J connectivity index is 2.40. The van der Waals surface area contributed by atoms with Gasteiger partial charge in [-0.25, -0.2) is 4.79 Å². The second-order valence-electron chi connectivity index (χ2n) is 6.97. The van der Waals surface area contributed by atoms with Crippen LogP contribution in [0.3, 0.4) is 0 Å². The molecule has 0 saturated heterocycles. The summed E-state index contributed by atoms with van der Waals surface area (Å²) in [6.45, 7) is 1.45. The molecule has 2 atom stereocenters. The number of phenolic OH excluding ortho intramolecular Hbond substituents is 1. The van der Waals surface area contributed by atoms with E-state index >= 15 is 0 Å². The molecule has 0 fully saturated rings. The zero-order valence-corrected chi connectivity index (χ0v) is 17.3. The van der Waals surface area contributed by atoms with Crippen LogP contribution in [0.1, 0.15) is 48.5 Å². The third-order valence-electron chi connectivity index (χ3n) is 4.84. The minimum Gasteiger partial charge on any atom is -0.507 e. The first kappa shape index (κ1) is 23.5. The van der Waals surface area contributed by atoms with E-state index in [1.165, 1.54) is 20.3 Å². The highest BCUT2D eigenvalue weighted by molar-refractivity contribution is 6.63. The van der Waals surface area contributed by atoms with Crippen molar-refractivity contribution in [1.29, 1.82) is 0 Å². The van der Waals surface area contributed by atoms with Gasteiger partial charge in [-0.2, -0.15) is 0 Å². The summed E-state index contributed by atoms with van der Waals surface area (Å²) < 4.78 is 21.0. The summed E-state index contributed by atoms with van der Waals surface area (Å²) in [7, 11) is 2.82. The Labute approximate surface area is 174 Å². The average molecular weight is 422 g/mol. The molecular weight excluding hydrogens is 396 g/mol. The second kappa shape index (κ2) is 10.8. The number of hydrogen-bond donors (Lipinski definition) is 1. The SMILES string of the molecule is COCO[C@@H]1CCC(=O)C(=O)C(=O)CCCc2cc(OC)cc(O)c2C(=O)O[C@H]1C. The quantitative estimate of drug-likeness (QED) is 0.439. The fourth-order valence-corrected chi connectivity index (χ4v) is 3.22. The van der Waals surface area contributed by atoms with Gasteiger partial charge in [0.15, 0.2) is 0 Å². The number of phenols is 1. The van der Waals surface area contributed by atoms with Gasteiger partial charge in [0, 0.05) is 26.0 Å². The van der Waals surface area contributed by atoms with Gasteiger partial charge >= 0.3 is 5.97 Å². The molecular formula is C21H26O9. The lowest BCUT2D eigenvalue weighted by Gasteiger charge is -2.25. The number of aryl methyl sites for hydroxylation is 1. The Kier molecular flexibility index (Phi) is 8.49. The molecule has 0 bridgehead atoms. The number of rotatable bonds is 4. The number of esters is 1. The van der Waals surface area contributed by atoms with Crippen LogP contribution in [0.15, 0.2) is 12.1 Å². The molecule has 1 N–H and O–H groups in total. The Morgan fingerprint density at radius 1 is 1.07 bits per heavy atom. The van der Waals surface area contributed by atoms with Gasteiger partial charge in [-0.1, -0.05) is 0 Å². The van der Waals surface area contributed by atoms with Gasteiger partial charge in [-0.3, -0.25) is 14.4 Å². The van der Waals surface area contributed by atoms with Crippen LogP contribution in [0.25, 0.3) is 0 Å². The lowest BCUT2D eigenvalue weighted by Crippen LogP contribution is -2.34. The van der Waals surface area contributed by atoms with E-state index in [1.54, 1.807) is 13.0 Å². The number of fused-ring (bicyclic) bond motifs is 1. The Morgan fingerprint density at radius 2 is 1.77 bits per heavy atom. The van der Waals surface area contributed by atoms with Crippen LogP contribution in [-0.2, 0) is 35.0 Å². The molecule has 1 aliphatic rings. The Hall–Kier alpha value is -2.78. The van der Waals surface area contributed by atoms with Crippen molar-refractivity contribution in [3.63, 3.8) is 0 Å². The van der Waals surface area contributed by atoms with Gasteiger partial charge in [0.1, 0.15) is 30.0 Å². The van der Waals surface area contributed by atoms with E-state index in [-0.39, 0.29) is 50.2 Å². The van der Waals surface area contributed by atoms with Crippen LogP contribution >= 0.6 is 0 Å². The van der Waals surface area contributed by atoms with E-state index in [1.807, 2.05) is 0 Å². The third kappa shape index (κ3) is 5.87. The van der Waals surface area contributed by atoms with Crippen LogP contribution in [0.5, 0.6) is 11.5 Å². The maximum Gasteiger partial charge on any atom is 0.342 e. The van der Waals surface area contributed by atoms with E-state index in [9.17, 15) is 24.3 Å². The lowest BCUT2D eigenvalue weighted by molar-refractivity contribution is -0.145. The van der Waals surface area contributed by atoms with Gasteiger partial charge in [0.05, 0.1) is 13.2 Å². The number of ether oxygens (including phenoxy) is 4. The number of aromatic hydroxyl groups is 1. The third-order valence-corrected chi connectivity index (χ3v) is 4.84. The molecule has 1 aliphatic heterocycles. The minimum atomic E-state index is -1.05. The first-order chi connectivity index (χ1) is 14.3. The van der Waals surface area contributed by atoms with Crippen LogP contribution < -0.4 is 4.74 Å². The molecule has 0 aliphatic carbocycles. The standard InChI is InChI=1S/C21H26O9/c1-12-18(29-11-27-2)8-7-16(23)20(25)15(22)6-4-5-13-9-14(28-3)10-17(24)19(13)21(26)30-12/h9-10,12,18,24H,4-8,11H2,1-3H3/t12-,18+/m0/s1. The van der Waals surface area contributed by atoms with Crippen molar-refractivity contribution in [2.24, 2.45) is 0 Å². The van der Waals surface area contributed by atoms with Crippen LogP contribution in [0, 0.1) is 0 Å². The fraction of sp³-hybridized carbons (Fsp3) is 0.524. The molecule has 1 heterocycles. The predicted octanol–water partition coefficient (Wildman–Crippen LogP) is 1.76. The number of carbonyl (C=O) groups excluding carboxylic acids is 4. The summed E-state index contributed by atoms with van der Waals surface area (Å²) in [6, 6.07) is 2.85. The summed E-state index contributed by atoms with van der Waals surface area (Å²) in [4.78, 5) is 49.1. The Bertz CT molecular complexity index is 815. The van der Waals surface area contributed by atoms with E-state index in [4.69, 9.17) is 18.9 Å². The summed E-state index contributed by atoms with van der Waals surface area (Å²) in [5.74, 6) is -3.39. The van der Waals surface area contributed by atoms with Crippen LogP contribution in [-0.4, -0.2) is 61.6 Å². The maximum atomic E-state index is 12.8. The first-order valence-electron chi connectivity index (χ1n) is 9.60. The number of benzene rings is 1. The van der Waals surface area contributed by atoms with Gasteiger partial charge in [-0.15, -0.1) is 0 Å². The summed E-state index contributed by atoms with van der Waals surface area (Å²) >= 11 is 0. The molecule has 0 saturated carbocycles.